The lowest BCUT2D eigenvalue weighted by Crippen LogP contribution is -2.28. The van der Waals surface area contributed by atoms with Crippen LogP contribution in [0.15, 0.2) is 29.5 Å². The molecule has 0 bridgehead atoms. The summed E-state index contributed by atoms with van der Waals surface area (Å²) >= 11 is 0. The van der Waals surface area contributed by atoms with Crippen LogP contribution >= 0.6 is 0 Å². The zero-order valence-corrected chi connectivity index (χ0v) is 14.5. The number of carbonyl (C=O) groups excluding carboxylic acids is 1. The maximum absolute atomic E-state index is 12.4. The maximum Gasteiger partial charge on any atom is 0.226 e. The second-order valence-electron chi connectivity index (χ2n) is 6.18. The van der Waals surface area contributed by atoms with Gasteiger partial charge in [0.1, 0.15) is 19.3 Å². The molecule has 0 saturated carbocycles. The van der Waals surface area contributed by atoms with Crippen LogP contribution in [0.1, 0.15) is 38.2 Å². The highest BCUT2D eigenvalue weighted by Crippen LogP contribution is 2.39. The van der Waals surface area contributed by atoms with Crippen molar-refractivity contribution in [2.45, 2.75) is 33.2 Å². The first-order valence-corrected chi connectivity index (χ1v) is 8.42. The number of rotatable bonds is 3. The molecule has 2 aliphatic rings. The molecule has 25 heavy (non-hydrogen) atoms. The largest absolute Gasteiger partial charge is 0.486 e. The molecule has 4 rings (SSSR count). The van der Waals surface area contributed by atoms with E-state index in [4.69, 9.17) is 9.47 Å². The van der Waals surface area contributed by atoms with E-state index in [1.165, 1.54) is 0 Å². The number of aryl methyl sites for hydroxylation is 1. The number of hydrogen-bond donors (Lipinski definition) is 1. The Morgan fingerprint density at radius 1 is 1.32 bits per heavy atom. The number of anilines is 1. The number of ether oxygens (including phenoxy) is 2. The van der Waals surface area contributed by atoms with Gasteiger partial charge in [0, 0.05) is 17.7 Å². The van der Waals surface area contributed by atoms with E-state index in [0.717, 1.165) is 29.3 Å². The summed E-state index contributed by atoms with van der Waals surface area (Å²) in [5.74, 6) is 2.81. The normalized spacial score (nSPS) is 18.6. The fourth-order valence-electron chi connectivity index (χ4n) is 3.34. The predicted octanol–water partition coefficient (Wildman–Crippen LogP) is 2.49. The second kappa shape index (κ2) is 5.91. The summed E-state index contributed by atoms with van der Waals surface area (Å²) in [6.07, 6.45) is 0.726. The fourth-order valence-corrected chi connectivity index (χ4v) is 3.34. The topological polar surface area (TPSA) is 78.3 Å². The van der Waals surface area contributed by atoms with E-state index >= 15 is 0 Å². The van der Waals surface area contributed by atoms with Crippen molar-refractivity contribution in [1.82, 2.24) is 14.8 Å². The molecule has 0 fully saturated rings. The summed E-state index contributed by atoms with van der Waals surface area (Å²) in [7, 11) is 0. The summed E-state index contributed by atoms with van der Waals surface area (Å²) in [6, 6.07) is 5.43. The molecule has 3 heterocycles. The van der Waals surface area contributed by atoms with Gasteiger partial charge in [-0.15, -0.1) is 0 Å². The Hall–Kier alpha value is -2.83. The molecule has 2 aliphatic heterocycles. The van der Waals surface area contributed by atoms with Crippen LogP contribution in [0, 0.1) is 0 Å². The Bertz CT molecular complexity index is 884. The van der Waals surface area contributed by atoms with Crippen molar-refractivity contribution >= 4 is 11.7 Å². The number of nitrogens with one attached hydrogen (secondary N) is 1. The van der Waals surface area contributed by atoms with Crippen molar-refractivity contribution in [2.75, 3.05) is 18.5 Å². The van der Waals surface area contributed by atoms with E-state index in [1.807, 2.05) is 32.0 Å². The van der Waals surface area contributed by atoms with Gasteiger partial charge in [-0.2, -0.15) is 10.1 Å². The van der Waals surface area contributed by atoms with Crippen molar-refractivity contribution in [1.29, 1.82) is 0 Å². The van der Waals surface area contributed by atoms with Crippen molar-refractivity contribution in [3.63, 3.8) is 0 Å². The molecule has 130 valence electrons. The lowest BCUT2D eigenvalue weighted by Gasteiger charge is -2.29. The van der Waals surface area contributed by atoms with Crippen LogP contribution in [-0.4, -0.2) is 33.8 Å². The molecule has 1 N–H and O–H groups in total. The van der Waals surface area contributed by atoms with Crippen LogP contribution in [0.3, 0.4) is 0 Å². The van der Waals surface area contributed by atoms with E-state index in [1.54, 1.807) is 11.6 Å². The fraction of sp³-hybridized carbons (Fsp3) is 0.389. The Morgan fingerprint density at radius 2 is 2.08 bits per heavy atom. The monoisotopic (exact) mass is 340 g/mol. The Labute approximate surface area is 145 Å². The molecule has 0 radical (unpaired) electrons. The van der Waals surface area contributed by atoms with Crippen LogP contribution in [0.4, 0.5) is 5.95 Å². The summed E-state index contributed by atoms with van der Waals surface area (Å²) in [6.45, 7) is 6.54. The number of benzene rings is 1. The summed E-state index contributed by atoms with van der Waals surface area (Å²) in [5, 5.41) is 7.79. The predicted molar refractivity (Wildman–Crippen MR) is 92.0 cm³/mol. The number of fused-ring (bicyclic) bond motifs is 2. The molecule has 1 aromatic heterocycles. The molecular weight excluding hydrogens is 320 g/mol. The van der Waals surface area contributed by atoms with Gasteiger partial charge >= 0.3 is 0 Å². The number of ketones is 1. The smallest absolute Gasteiger partial charge is 0.226 e. The maximum atomic E-state index is 12.4. The number of aromatic nitrogens is 3. The van der Waals surface area contributed by atoms with Gasteiger partial charge in [-0.05, 0) is 31.5 Å². The number of Topliss-reactive ketones (excluding diaryl/α,β-unsaturated/α-hetero) is 1. The van der Waals surface area contributed by atoms with Gasteiger partial charge in [-0.3, -0.25) is 4.79 Å². The first kappa shape index (κ1) is 15.7. The van der Waals surface area contributed by atoms with E-state index in [0.29, 0.717) is 30.5 Å². The van der Waals surface area contributed by atoms with E-state index in [-0.39, 0.29) is 11.8 Å². The summed E-state index contributed by atoms with van der Waals surface area (Å²) in [5.41, 5.74) is 2.40. The third kappa shape index (κ3) is 2.56. The number of hydrogen-bond acceptors (Lipinski definition) is 6. The standard InChI is InChI=1S/C18H20N4O3/c1-4-15-20-18-19-10(2)16(11(3)23)17(22(18)21-15)12-5-6-13-14(9-12)25-8-7-24-13/h5-6,9,17H,4,7-8H2,1-3H3,(H,19,20,21). The molecule has 0 aliphatic carbocycles. The Kier molecular flexibility index (Phi) is 3.71. The van der Waals surface area contributed by atoms with E-state index in [2.05, 4.69) is 15.4 Å². The average molecular weight is 340 g/mol. The van der Waals surface area contributed by atoms with E-state index < -0.39 is 0 Å². The minimum absolute atomic E-state index is 0.00378. The van der Waals surface area contributed by atoms with E-state index in [9.17, 15) is 4.79 Å². The van der Waals surface area contributed by atoms with Crippen molar-refractivity contribution in [2.24, 2.45) is 0 Å². The first-order valence-electron chi connectivity index (χ1n) is 8.42. The Balaban J connectivity index is 1.87. The molecule has 7 nitrogen and oxygen atoms in total. The number of allylic oxidation sites excluding steroid dienone is 2. The molecule has 0 saturated heterocycles. The summed E-state index contributed by atoms with van der Waals surface area (Å²) in [4.78, 5) is 16.9. The minimum atomic E-state index is -0.336. The third-order valence-corrected chi connectivity index (χ3v) is 4.47. The van der Waals surface area contributed by atoms with Crippen molar-refractivity contribution in [3.05, 3.63) is 40.9 Å². The van der Waals surface area contributed by atoms with Gasteiger partial charge in [0.05, 0.1) is 0 Å². The van der Waals surface area contributed by atoms with Gasteiger partial charge < -0.3 is 14.8 Å². The highest BCUT2D eigenvalue weighted by molar-refractivity contribution is 5.96. The molecule has 0 spiro atoms. The number of carbonyl (C=O) groups is 1. The van der Waals surface area contributed by atoms with Gasteiger partial charge in [-0.25, -0.2) is 4.68 Å². The van der Waals surface area contributed by atoms with Crippen LogP contribution in [0.2, 0.25) is 0 Å². The van der Waals surface area contributed by atoms with Crippen molar-refractivity contribution in [3.8, 4) is 11.5 Å². The molecule has 7 heteroatoms. The van der Waals surface area contributed by atoms with Crippen LogP contribution in [0.5, 0.6) is 11.5 Å². The molecule has 1 aromatic carbocycles. The Morgan fingerprint density at radius 3 is 2.80 bits per heavy atom. The molecule has 0 amide bonds. The molecular formula is C18H20N4O3. The third-order valence-electron chi connectivity index (χ3n) is 4.47. The molecule has 2 aromatic rings. The van der Waals surface area contributed by atoms with Crippen LogP contribution < -0.4 is 14.8 Å². The highest BCUT2D eigenvalue weighted by Gasteiger charge is 2.33. The minimum Gasteiger partial charge on any atom is -0.486 e. The lowest BCUT2D eigenvalue weighted by molar-refractivity contribution is -0.114. The highest BCUT2D eigenvalue weighted by atomic mass is 16.6. The van der Waals surface area contributed by atoms with Crippen LogP contribution in [-0.2, 0) is 11.2 Å². The lowest BCUT2D eigenvalue weighted by atomic mass is 9.93. The molecule has 1 unspecified atom stereocenters. The number of nitrogens with zero attached hydrogens (tertiary/aromatic N) is 3. The zero-order valence-electron chi connectivity index (χ0n) is 14.5. The second-order valence-corrected chi connectivity index (χ2v) is 6.18. The average Bonchev–Trinajstić information content (AvgIpc) is 3.02. The van der Waals surface area contributed by atoms with Gasteiger partial charge in [0.2, 0.25) is 5.95 Å². The van der Waals surface area contributed by atoms with Gasteiger partial charge in [0.25, 0.3) is 0 Å². The first-order chi connectivity index (χ1) is 12.1. The SMILES string of the molecule is CCc1nc2n(n1)C(c1ccc3c(c1)OCCO3)C(C(C)=O)=C(C)N2. The van der Waals surface area contributed by atoms with Gasteiger partial charge in [0.15, 0.2) is 23.1 Å². The quantitative estimate of drug-likeness (QED) is 0.925. The van der Waals surface area contributed by atoms with Gasteiger partial charge in [-0.1, -0.05) is 13.0 Å². The molecule has 1 atom stereocenters. The zero-order chi connectivity index (χ0) is 17.6. The van der Waals surface area contributed by atoms with Crippen molar-refractivity contribution < 1.29 is 14.3 Å². The summed E-state index contributed by atoms with van der Waals surface area (Å²) < 4.78 is 13.1. The van der Waals surface area contributed by atoms with Crippen LogP contribution in [0.25, 0.3) is 0 Å².